The number of para-hydroxylation sites is 1. The number of amides is 1. The molecule has 6 N–H and O–H groups in total. The van der Waals surface area contributed by atoms with E-state index >= 15 is 0 Å². The van der Waals surface area contributed by atoms with Gasteiger partial charge in [-0.3, -0.25) is 14.9 Å². The summed E-state index contributed by atoms with van der Waals surface area (Å²) < 4.78 is 5.77. The molecule has 1 saturated heterocycles. The van der Waals surface area contributed by atoms with Crippen molar-refractivity contribution in [2.45, 2.75) is 50.7 Å². The highest BCUT2D eigenvalue weighted by Gasteiger charge is 2.27. The lowest BCUT2D eigenvalue weighted by molar-refractivity contribution is -0.123. The molecule has 2 fully saturated rings. The minimum absolute atomic E-state index is 0.0271. The standard InChI is InChI=1S/C40H49N5O6/c46-35-16-14-32(33-15-17-38(49)44-39(33)35)37(48)26-42-24-27-10-12-29(13-11-27)36(47)25-41-20-23-45-21-18-30(19-22-45)51-40(50)43-34-9-5-4-8-31(34)28-6-2-1-3-7-28/h1-9,14-17,27,29-30,37,41-42,46,48H,10-13,18-26H2,(H,43,50)(H,44,49)/t27?,29?,37-/m0/s1. The maximum Gasteiger partial charge on any atom is 0.411 e. The second-order valence-electron chi connectivity index (χ2n) is 13.8. The molecule has 51 heavy (non-hydrogen) atoms. The van der Waals surface area contributed by atoms with E-state index in [9.17, 15) is 24.6 Å². The van der Waals surface area contributed by atoms with Crippen LogP contribution in [0.3, 0.4) is 0 Å². The Kier molecular flexibility index (Phi) is 12.5. The maximum absolute atomic E-state index is 12.9. The van der Waals surface area contributed by atoms with E-state index in [1.54, 1.807) is 12.1 Å². The van der Waals surface area contributed by atoms with E-state index in [-0.39, 0.29) is 29.1 Å². The number of aromatic nitrogens is 1. The molecule has 270 valence electrons. The van der Waals surface area contributed by atoms with Gasteiger partial charge in [0.15, 0.2) is 0 Å². The van der Waals surface area contributed by atoms with Crippen molar-refractivity contribution in [1.82, 2.24) is 20.5 Å². The van der Waals surface area contributed by atoms with Gasteiger partial charge in [0.25, 0.3) is 0 Å². The molecular formula is C40H49N5O6. The highest BCUT2D eigenvalue weighted by atomic mass is 16.6. The van der Waals surface area contributed by atoms with Crippen molar-refractivity contribution in [2.75, 3.05) is 51.1 Å². The number of anilines is 1. The molecule has 1 saturated carbocycles. The number of ketones is 1. The fraction of sp³-hybridized carbons (Fsp3) is 0.425. The number of phenolic OH excluding ortho intramolecular Hbond substituents is 1. The fourth-order valence-corrected chi connectivity index (χ4v) is 7.37. The second-order valence-corrected chi connectivity index (χ2v) is 13.8. The Morgan fingerprint density at radius 3 is 2.41 bits per heavy atom. The first kappa shape index (κ1) is 36.2. The van der Waals surface area contributed by atoms with Gasteiger partial charge in [-0.05, 0) is 80.3 Å². The third-order valence-electron chi connectivity index (χ3n) is 10.3. The minimum atomic E-state index is -0.789. The number of aliphatic hydroxyl groups is 1. The largest absolute Gasteiger partial charge is 0.506 e. The van der Waals surface area contributed by atoms with Gasteiger partial charge in [-0.2, -0.15) is 0 Å². The van der Waals surface area contributed by atoms with E-state index in [1.807, 2.05) is 54.6 Å². The van der Waals surface area contributed by atoms with Crippen LogP contribution in [0.2, 0.25) is 0 Å². The summed E-state index contributed by atoms with van der Waals surface area (Å²) in [6, 6.07) is 23.9. The zero-order chi connectivity index (χ0) is 35.6. The van der Waals surface area contributed by atoms with Crippen LogP contribution in [0.5, 0.6) is 5.75 Å². The normalized spacial score (nSPS) is 19.1. The van der Waals surface area contributed by atoms with Crippen molar-refractivity contribution < 1.29 is 24.5 Å². The molecule has 0 radical (unpaired) electrons. The molecule has 1 amide bonds. The first-order chi connectivity index (χ1) is 24.8. The van der Waals surface area contributed by atoms with Gasteiger partial charge in [-0.1, -0.05) is 54.6 Å². The van der Waals surface area contributed by atoms with E-state index < -0.39 is 12.2 Å². The third-order valence-corrected chi connectivity index (χ3v) is 10.3. The Hall–Kier alpha value is -4.55. The lowest BCUT2D eigenvalue weighted by atomic mass is 9.80. The number of piperidine rings is 1. The monoisotopic (exact) mass is 695 g/mol. The Balaban J connectivity index is 0.825. The Morgan fingerprint density at radius 1 is 0.882 bits per heavy atom. The third kappa shape index (κ3) is 9.83. The van der Waals surface area contributed by atoms with Gasteiger partial charge in [0.05, 0.1) is 23.9 Å². The molecule has 1 atom stereocenters. The van der Waals surface area contributed by atoms with Gasteiger partial charge < -0.3 is 35.5 Å². The Labute approximate surface area is 298 Å². The highest BCUT2D eigenvalue weighted by molar-refractivity contribution is 5.91. The number of aromatic hydroxyl groups is 1. The number of benzene rings is 3. The molecule has 0 bridgehead atoms. The number of aromatic amines is 1. The van der Waals surface area contributed by atoms with E-state index in [0.29, 0.717) is 35.5 Å². The molecule has 3 aromatic carbocycles. The SMILES string of the molecule is O=C(Nc1ccccc1-c1ccccc1)OC1CCN(CCNCC(=O)C2CCC(CNC[C@H](O)c3ccc(O)c4[nH]c(=O)ccc34)CC2)CC1. The number of nitrogens with one attached hydrogen (secondary N) is 4. The molecule has 0 unspecified atom stereocenters. The summed E-state index contributed by atoms with van der Waals surface area (Å²) in [5.41, 5.74) is 3.38. The molecule has 1 aliphatic carbocycles. The molecule has 0 spiro atoms. The zero-order valence-corrected chi connectivity index (χ0v) is 29.0. The number of nitrogens with zero attached hydrogens (tertiary/aromatic N) is 1. The van der Waals surface area contributed by atoms with Gasteiger partial charge in [-0.25, -0.2) is 4.79 Å². The van der Waals surface area contributed by atoms with Gasteiger partial charge in [-0.15, -0.1) is 0 Å². The number of carbonyl (C=O) groups is 2. The van der Waals surface area contributed by atoms with Crippen LogP contribution < -0.4 is 21.5 Å². The lowest BCUT2D eigenvalue weighted by Gasteiger charge is -2.31. The summed E-state index contributed by atoms with van der Waals surface area (Å²) in [6.07, 6.45) is 3.91. The number of pyridine rings is 1. The van der Waals surface area contributed by atoms with Gasteiger partial charge in [0, 0.05) is 55.7 Å². The predicted octanol–water partition coefficient (Wildman–Crippen LogP) is 5.20. The summed E-state index contributed by atoms with van der Waals surface area (Å²) in [7, 11) is 0. The van der Waals surface area contributed by atoms with Crippen LogP contribution in [0.15, 0.2) is 83.7 Å². The van der Waals surface area contributed by atoms with Crippen molar-refractivity contribution in [1.29, 1.82) is 0 Å². The number of H-pyrrole nitrogens is 1. The summed E-state index contributed by atoms with van der Waals surface area (Å²) in [4.78, 5) is 42.3. The van der Waals surface area contributed by atoms with Crippen molar-refractivity contribution in [3.8, 4) is 16.9 Å². The summed E-state index contributed by atoms with van der Waals surface area (Å²) >= 11 is 0. The minimum Gasteiger partial charge on any atom is -0.506 e. The average molecular weight is 696 g/mol. The number of fused-ring (bicyclic) bond motifs is 1. The smallest absolute Gasteiger partial charge is 0.411 e. The van der Waals surface area contributed by atoms with Gasteiger partial charge in [0.2, 0.25) is 5.56 Å². The number of phenols is 1. The van der Waals surface area contributed by atoms with Crippen LogP contribution >= 0.6 is 0 Å². The maximum atomic E-state index is 12.9. The van der Waals surface area contributed by atoms with Crippen molar-refractivity contribution >= 4 is 28.5 Å². The Bertz CT molecular complexity index is 1820. The summed E-state index contributed by atoms with van der Waals surface area (Å²) in [5.74, 6) is 0.788. The van der Waals surface area contributed by atoms with Crippen molar-refractivity contribution in [3.05, 3.63) is 94.8 Å². The zero-order valence-electron chi connectivity index (χ0n) is 29.0. The van der Waals surface area contributed by atoms with Crippen LogP contribution in [-0.2, 0) is 9.53 Å². The molecule has 4 aromatic rings. The topological polar surface area (TPSA) is 156 Å². The quantitative estimate of drug-likeness (QED) is 0.0977. The van der Waals surface area contributed by atoms with Gasteiger partial charge >= 0.3 is 6.09 Å². The molecule has 11 heteroatoms. The second kappa shape index (κ2) is 17.6. The fourth-order valence-electron chi connectivity index (χ4n) is 7.37. The van der Waals surface area contributed by atoms with E-state index in [1.165, 1.54) is 12.1 Å². The van der Waals surface area contributed by atoms with Crippen LogP contribution in [-0.4, -0.2) is 83.9 Å². The van der Waals surface area contributed by atoms with Crippen LogP contribution in [0.25, 0.3) is 22.0 Å². The van der Waals surface area contributed by atoms with E-state index in [4.69, 9.17) is 4.74 Å². The summed E-state index contributed by atoms with van der Waals surface area (Å²) in [5, 5.41) is 31.2. The number of Topliss-reactive ketones (excluding diaryl/α,β-unsaturated/α-hetero) is 1. The number of hydrogen-bond acceptors (Lipinski definition) is 9. The number of ether oxygens (including phenoxy) is 1. The van der Waals surface area contributed by atoms with E-state index in [2.05, 4.69) is 25.8 Å². The van der Waals surface area contributed by atoms with Crippen LogP contribution in [0.1, 0.15) is 50.2 Å². The molecule has 6 rings (SSSR count). The molecule has 1 aromatic heterocycles. The molecule has 1 aliphatic heterocycles. The van der Waals surface area contributed by atoms with Crippen LogP contribution in [0, 0.1) is 11.8 Å². The number of likely N-dealkylation sites (tertiary alicyclic amines) is 1. The number of hydrogen-bond donors (Lipinski definition) is 6. The lowest BCUT2D eigenvalue weighted by Crippen LogP contribution is -2.42. The van der Waals surface area contributed by atoms with Gasteiger partial charge in [0.1, 0.15) is 17.6 Å². The molecule has 2 heterocycles. The number of carbonyl (C=O) groups excluding carboxylic acids is 2. The van der Waals surface area contributed by atoms with E-state index in [0.717, 1.165) is 88.1 Å². The van der Waals surface area contributed by atoms with Crippen LogP contribution in [0.4, 0.5) is 10.5 Å². The van der Waals surface area contributed by atoms with Crippen molar-refractivity contribution in [2.24, 2.45) is 11.8 Å². The Morgan fingerprint density at radius 2 is 1.63 bits per heavy atom. The first-order valence-electron chi connectivity index (χ1n) is 18.2. The van der Waals surface area contributed by atoms with Crippen molar-refractivity contribution in [3.63, 3.8) is 0 Å². The summed E-state index contributed by atoms with van der Waals surface area (Å²) in [6.45, 7) is 4.77. The number of aliphatic hydroxyl groups excluding tert-OH is 1. The first-order valence-corrected chi connectivity index (χ1v) is 18.2. The molecule has 11 nitrogen and oxygen atoms in total. The highest BCUT2D eigenvalue weighted by Crippen LogP contribution is 2.31. The average Bonchev–Trinajstić information content (AvgIpc) is 3.15. The molecule has 2 aliphatic rings. The number of rotatable bonds is 14. The molecular weight excluding hydrogens is 646 g/mol. The predicted molar refractivity (Wildman–Crippen MR) is 199 cm³/mol.